The van der Waals surface area contributed by atoms with Crippen LogP contribution in [0, 0.1) is 0 Å². The molecular weight excluding hydrogens is 338 g/mol. The molecule has 0 bridgehead atoms. The van der Waals surface area contributed by atoms with Gasteiger partial charge in [0.05, 0.1) is 5.69 Å². The van der Waals surface area contributed by atoms with E-state index in [0.717, 1.165) is 30.8 Å². The second-order valence-corrected chi connectivity index (χ2v) is 7.08. The smallest absolute Gasteiger partial charge is 0.317 e. The number of fused-ring (bicyclic) bond motifs is 1. The first kappa shape index (κ1) is 17.3. The molecule has 3 aromatic rings. The van der Waals surface area contributed by atoms with Crippen molar-refractivity contribution in [1.29, 1.82) is 0 Å². The van der Waals surface area contributed by atoms with Crippen LogP contribution in [-0.2, 0) is 0 Å². The summed E-state index contributed by atoms with van der Waals surface area (Å²) in [5.74, 6) is 0.710. The zero-order valence-electron chi connectivity index (χ0n) is 15.6. The van der Waals surface area contributed by atoms with Crippen LogP contribution in [0.25, 0.3) is 22.0 Å². The maximum absolute atomic E-state index is 11.9. The van der Waals surface area contributed by atoms with E-state index in [9.17, 15) is 4.79 Å². The molecule has 1 aliphatic heterocycles. The third-order valence-corrected chi connectivity index (χ3v) is 4.89. The van der Waals surface area contributed by atoms with Crippen LogP contribution >= 0.6 is 0 Å². The number of hydrogen-bond donors (Lipinski definition) is 1. The largest absolute Gasteiger partial charge is 0.339 e. The van der Waals surface area contributed by atoms with E-state index in [4.69, 9.17) is 4.98 Å². The van der Waals surface area contributed by atoms with Crippen LogP contribution in [0.3, 0.4) is 0 Å². The normalized spacial score (nSPS) is 16.5. The molecular formula is C21H23N5O. The lowest BCUT2D eigenvalue weighted by Gasteiger charge is -2.19. The molecule has 6 heteroatoms. The second-order valence-electron chi connectivity index (χ2n) is 7.08. The summed E-state index contributed by atoms with van der Waals surface area (Å²) in [7, 11) is 3.50. The van der Waals surface area contributed by atoms with E-state index in [1.54, 1.807) is 25.2 Å². The minimum atomic E-state index is -0.0623. The minimum absolute atomic E-state index is 0.0623. The third-order valence-electron chi connectivity index (χ3n) is 4.89. The lowest BCUT2D eigenvalue weighted by Crippen LogP contribution is -2.42. The van der Waals surface area contributed by atoms with Crippen LogP contribution < -0.4 is 10.2 Å². The van der Waals surface area contributed by atoms with Gasteiger partial charge in [0.2, 0.25) is 5.95 Å². The predicted molar refractivity (Wildman–Crippen MR) is 108 cm³/mol. The monoisotopic (exact) mass is 361 g/mol. The van der Waals surface area contributed by atoms with Crippen molar-refractivity contribution in [2.45, 2.75) is 12.5 Å². The van der Waals surface area contributed by atoms with E-state index < -0.39 is 0 Å². The number of aromatic nitrogens is 2. The topological polar surface area (TPSA) is 61.4 Å². The number of hydrogen-bond acceptors (Lipinski definition) is 4. The molecule has 6 nitrogen and oxygen atoms in total. The van der Waals surface area contributed by atoms with Crippen molar-refractivity contribution in [3.63, 3.8) is 0 Å². The van der Waals surface area contributed by atoms with Crippen LogP contribution in [-0.4, -0.2) is 54.1 Å². The fourth-order valence-corrected chi connectivity index (χ4v) is 3.37. The highest BCUT2D eigenvalue weighted by atomic mass is 16.2. The van der Waals surface area contributed by atoms with Crippen molar-refractivity contribution >= 4 is 22.8 Å². The van der Waals surface area contributed by atoms with Gasteiger partial charge in [0, 0.05) is 45.0 Å². The Bertz CT molecular complexity index is 971. The molecule has 0 saturated carbocycles. The molecule has 1 aliphatic rings. The van der Waals surface area contributed by atoms with Gasteiger partial charge in [0.15, 0.2) is 0 Å². The molecule has 0 aliphatic carbocycles. The molecule has 0 unspecified atom stereocenters. The first-order valence-electron chi connectivity index (χ1n) is 9.15. The molecule has 1 fully saturated rings. The zero-order chi connectivity index (χ0) is 18.8. The Labute approximate surface area is 158 Å². The average Bonchev–Trinajstić information content (AvgIpc) is 3.16. The van der Waals surface area contributed by atoms with Crippen molar-refractivity contribution in [1.82, 2.24) is 20.2 Å². The van der Waals surface area contributed by atoms with E-state index in [-0.39, 0.29) is 12.1 Å². The Hall–Kier alpha value is -3.15. The van der Waals surface area contributed by atoms with Crippen LogP contribution in [0.4, 0.5) is 10.7 Å². The molecule has 0 spiro atoms. The molecule has 2 aromatic carbocycles. The first-order chi connectivity index (χ1) is 13.1. The molecule has 27 heavy (non-hydrogen) atoms. The number of carbonyl (C=O) groups excluding carboxylic acids is 1. The standard InChI is InChI=1S/C21H23N5O/c1-25(2)21(27)23-18-10-12-26(14-18)20-22-11-9-19(24-20)17-8-7-15-5-3-4-6-16(15)13-17/h3-9,11,13,18H,10,12,14H2,1-2H3,(H,23,27)/t18-/m0/s1. The number of nitrogens with one attached hydrogen (secondary N) is 1. The summed E-state index contributed by atoms with van der Waals surface area (Å²) in [5, 5.41) is 5.45. The van der Waals surface area contributed by atoms with Crippen molar-refractivity contribution in [3.05, 3.63) is 54.7 Å². The quantitative estimate of drug-likeness (QED) is 0.778. The Morgan fingerprint density at radius 1 is 1.15 bits per heavy atom. The van der Waals surface area contributed by atoms with E-state index in [1.807, 2.05) is 18.2 Å². The lowest BCUT2D eigenvalue weighted by molar-refractivity contribution is 0.214. The summed E-state index contributed by atoms with van der Waals surface area (Å²) in [6, 6.07) is 16.7. The van der Waals surface area contributed by atoms with Gasteiger partial charge in [-0.1, -0.05) is 36.4 Å². The SMILES string of the molecule is CN(C)C(=O)N[C@H]1CCN(c2nccc(-c3ccc4ccccc4c3)n2)C1. The number of nitrogens with zero attached hydrogens (tertiary/aromatic N) is 4. The summed E-state index contributed by atoms with van der Waals surface area (Å²) in [4.78, 5) is 24.8. The Kier molecular flexibility index (Phi) is 4.62. The number of urea groups is 1. The molecule has 0 radical (unpaired) electrons. The van der Waals surface area contributed by atoms with E-state index in [2.05, 4.69) is 45.5 Å². The minimum Gasteiger partial charge on any atom is -0.339 e. The molecule has 2 heterocycles. The molecule has 1 atom stereocenters. The van der Waals surface area contributed by atoms with Gasteiger partial charge in [-0.25, -0.2) is 14.8 Å². The van der Waals surface area contributed by atoms with Gasteiger partial charge in [-0.05, 0) is 29.3 Å². The summed E-state index contributed by atoms with van der Waals surface area (Å²) in [5.41, 5.74) is 1.99. The molecule has 2 amide bonds. The van der Waals surface area contributed by atoms with Crippen molar-refractivity contribution in [3.8, 4) is 11.3 Å². The number of anilines is 1. The fourth-order valence-electron chi connectivity index (χ4n) is 3.37. The van der Waals surface area contributed by atoms with Gasteiger partial charge in [0.25, 0.3) is 0 Å². The first-order valence-corrected chi connectivity index (χ1v) is 9.15. The Morgan fingerprint density at radius 2 is 1.96 bits per heavy atom. The number of amides is 2. The predicted octanol–water partition coefficient (Wildman–Crippen LogP) is 3.15. The Balaban J connectivity index is 1.53. The lowest BCUT2D eigenvalue weighted by atomic mass is 10.1. The number of rotatable bonds is 3. The van der Waals surface area contributed by atoms with E-state index in [0.29, 0.717) is 5.95 Å². The molecule has 1 saturated heterocycles. The van der Waals surface area contributed by atoms with Crippen LogP contribution in [0.1, 0.15) is 6.42 Å². The Morgan fingerprint density at radius 3 is 2.78 bits per heavy atom. The maximum atomic E-state index is 11.9. The van der Waals surface area contributed by atoms with Crippen LogP contribution in [0.2, 0.25) is 0 Å². The van der Waals surface area contributed by atoms with Gasteiger partial charge in [0.1, 0.15) is 0 Å². The van der Waals surface area contributed by atoms with Crippen LogP contribution in [0.5, 0.6) is 0 Å². The van der Waals surface area contributed by atoms with Crippen molar-refractivity contribution < 1.29 is 4.79 Å². The van der Waals surface area contributed by atoms with Crippen molar-refractivity contribution in [2.24, 2.45) is 0 Å². The highest BCUT2D eigenvalue weighted by molar-refractivity contribution is 5.86. The van der Waals surface area contributed by atoms with Crippen LogP contribution in [0.15, 0.2) is 54.7 Å². The van der Waals surface area contributed by atoms with Crippen molar-refractivity contribution in [2.75, 3.05) is 32.1 Å². The van der Waals surface area contributed by atoms with Gasteiger partial charge in [-0.15, -0.1) is 0 Å². The van der Waals surface area contributed by atoms with E-state index >= 15 is 0 Å². The molecule has 1 aromatic heterocycles. The molecule has 4 rings (SSSR count). The zero-order valence-corrected chi connectivity index (χ0v) is 15.6. The summed E-state index contributed by atoms with van der Waals surface area (Å²) < 4.78 is 0. The van der Waals surface area contributed by atoms with Gasteiger partial charge in [-0.2, -0.15) is 0 Å². The highest BCUT2D eigenvalue weighted by Crippen LogP contribution is 2.25. The second kappa shape index (κ2) is 7.23. The highest BCUT2D eigenvalue weighted by Gasteiger charge is 2.26. The van der Waals surface area contributed by atoms with E-state index in [1.165, 1.54) is 10.8 Å². The molecule has 1 N–H and O–H groups in total. The fraction of sp³-hybridized carbons (Fsp3) is 0.286. The number of benzene rings is 2. The third kappa shape index (κ3) is 3.69. The average molecular weight is 361 g/mol. The van der Waals surface area contributed by atoms with Gasteiger partial charge in [-0.3, -0.25) is 0 Å². The van der Waals surface area contributed by atoms with Gasteiger partial charge < -0.3 is 15.1 Å². The van der Waals surface area contributed by atoms with Gasteiger partial charge >= 0.3 is 6.03 Å². The summed E-state index contributed by atoms with van der Waals surface area (Å²) >= 11 is 0. The number of carbonyl (C=O) groups is 1. The summed E-state index contributed by atoms with van der Waals surface area (Å²) in [6.07, 6.45) is 2.70. The maximum Gasteiger partial charge on any atom is 0.317 e. The molecule has 138 valence electrons. The summed E-state index contributed by atoms with van der Waals surface area (Å²) in [6.45, 7) is 1.56.